The third-order valence-corrected chi connectivity index (χ3v) is 3.46. The zero-order valence-corrected chi connectivity index (χ0v) is 10.5. The maximum atomic E-state index is 11.3. The van der Waals surface area contributed by atoms with Crippen molar-refractivity contribution in [2.24, 2.45) is 5.92 Å². The molecule has 0 bridgehead atoms. The van der Waals surface area contributed by atoms with Gasteiger partial charge in [0.25, 0.3) is 0 Å². The van der Waals surface area contributed by atoms with Gasteiger partial charge in [-0.3, -0.25) is 4.79 Å². The molecule has 0 spiro atoms. The molecule has 0 radical (unpaired) electrons. The first kappa shape index (κ1) is 12.1. The number of hydrogen-bond donors (Lipinski definition) is 1. The first-order valence-electron chi connectivity index (χ1n) is 5.83. The number of aliphatic hydroxyl groups is 1. The van der Waals surface area contributed by atoms with Crippen LogP contribution >= 0.6 is 0 Å². The fourth-order valence-corrected chi connectivity index (χ4v) is 2.57. The molecular formula is C14H18O3. The molecule has 3 heteroatoms. The first-order chi connectivity index (χ1) is 7.94. The molecule has 17 heavy (non-hydrogen) atoms. The van der Waals surface area contributed by atoms with Gasteiger partial charge in [-0.05, 0) is 32.3 Å². The average Bonchev–Trinajstić information content (AvgIpc) is 2.22. The lowest BCUT2D eigenvalue weighted by atomic mass is 9.67. The van der Waals surface area contributed by atoms with E-state index in [1.807, 2.05) is 26.0 Å². The molecule has 0 saturated heterocycles. The Morgan fingerprint density at radius 1 is 1.29 bits per heavy atom. The number of esters is 1. The number of benzene rings is 1. The highest BCUT2D eigenvalue weighted by Gasteiger charge is 2.47. The molecule has 0 aliphatic heterocycles. The lowest BCUT2D eigenvalue weighted by Gasteiger charge is -2.42. The molecule has 0 aromatic heterocycles. The molecule has 0 unspecified atom stereocenters. The van der Waals surface area contributed by atoms with Crippen molar-refractivity contribution in [1.29, 1.82) is 0 Å². The van der Waals surface area contributed by atoms with Gasteiger partial charge in [0.2, 0.25) is 0 Å². The second kappa shape index (κ2) is 4.15. The van der Waals surface area contributed by atoms with E-state index >= 15 is 0 Å². The summed E-state index contributed by atoms with van der Waals surface area (Å²) in [5, 5.41) is 10.4. The van der Waals surface area contributed by atoms with Crippen LogP contribution in [-0.4, -0.2) is 18.2 Å². The van der Waals surface area contributed by atoms with Crippen LogP contribution in [0.5, 0.6) is 0 Å². The molecule has 1 aromatic rings. The van der Waals surface area contributed by atoms with Gasteiger partial charge in [-0.2, -0.15) is 0 Å². The summed E-state index contributed by atoms with van der Waals surface area (Å²) in [7, 11) is 1.39. The fourth-order valence-electron chi connectivity index (χ4n) is 2.57. The fraction of sp³-hybridized carbons (Fsp3) is 0.500. The second-order valence-corrected chi connectivity index (χ2v) is 5.04. The van der Waals surface area contributed by atoms with Crippen LogP contribution in [-0.2, 0) is 15.1 Å². The number of carbonyl (C=O) groups is 1. The Hall–Kier alpha value is -1.35. The summed E-state index contributed by atoms with van der Waals surface area (Å²) in [5.41, 5.74) is 2.33. The summed E-state index contributed by atoms with van der Waals surface area (Å²) in [5.74, 6) is -0.384. The molecule has 1 aliphatic carbocycles. The Labute approximate surface area is 101 Å². The van der Waals surface area contributed by atoms with Gasteiger partial charge in [0, 0.05) is 0 Å². The van der Waals surface area contributed by atoms with E-state index in [1.165, 1.54) is 7.11 Å². The Morgan fingerprint density at radius 3 is 2.29 bits per heavy atom. The van der Waals surface area contributed by atoms with E-state index in [-0.39, 0.29) is 11.9 Å². The predicted octanol–water partition coefficient (Wildman–Crippen LogP) is 2.07. The highest BCUT2D eigenvalue weighted by molar-refractivity contribution is 5.74. The standard InChI is InChI=1S/C14H18O3/c1-9-4-10(2)6-12(5-9)14(16)7-11(8-14)13(15)17-3/h4-6,11,16H,7-8H2,1-3H3. The Kier molecular flexibility index (Phi) is 2.96. The number of hydrogen-bond acceptors (Lipinski definition) is 3. The number of methoxy groups -OCH3 is 1. The Morgan fingerprint density at radius 2 is 1.82 bits per heavy atom. The monoisotopic (exact) mass is 234 g/mol. The molecule has 0 heterocycles. The molecule has 1 aliphatic rings. The van der Waals surface area contributed by atoms with E-state index in [1.54, 1.807) is 0 Å². The van der Waals surface area contributed by atoms with E-state index in [0.29, 0.717) is 12.8 Å². The van der Waals surface area contributed by atoms with Gasteiger partial charge in [-0.15, -0.1) is 0 Å². The van der Waals surface area contributed by atoms with Gasteiger partial charge in [0.15, 0.2) is 0 Å². The van der Waals surface area contributed by atoms with E-state index in [0.717, 1.165) is 16.7 Å². The number of aryl methyl sites for hydroxylation is 2. The molecule has 1 saturated carbocycles. The zero-order valence-electron chi connectivity index (χ0n) is 10.5. The van der Waals surface area contributed by atoms with Crippen molar-refractivity contribution in [3.05, 3.63) is 34.9 Å². The van der Waals surface area contributed by atoms with Crippen molar-refractivity contribution in [3.63, 3.8) is 0 Å². The van der Waals surface area contributed by atoms with Crippen LogP contribution < -0.4 is 0 Å². The minimum absolute atomic E-state index is 0.161. The molecular weight excluding hydrogens is 216 g/mol. The second-order valence-electron chi connectivity index (χ2n) is 5.04. The third-order valence-electron chi connectivity index (χ3n) is 3.46. The first-order valence-corrected chi connectivity index (χ1v) is 5.83. The normalized spacial score (nSPS) is 27.4. The summed E-state index contributed by atoms with van der Waals surface area (Å²) in [6.07, 6.45) is 0.922. The third kappa shape index (κ3) is 2.20. The van der Waals surface area contributed by atoms with E-state index in [4.69, 9.17) is 0 Å². The number of ether oxygens (including phenoxy) is 1. The molecule has 1 fully saturated rings. The van der Waals surface area contributed by atoms with Gasteiger partial charge in [0.1, 0.15) is 0 Å². The SMILES string of the molecule is COC(=O)C1CC(O)(c2cc(C)cc(C)c2)C1. The van der Waals surface area contributed by atoms with Crippen LogP contribution in [0, 0.1) is 19.8 Å². The van der Waals surface area contributed by atoms with Gasteiger partial charge >= 0.3 is 5.97 Å². The smallest absolute Gasteiger partial charge is 0.308 e. The quantitative estimate of drug-likeness (QED) is 0.797. The highest BCUT2D eigenvalue weighted by Crippen LogP contribution is 2.46. The van der Waals surface area contributed by atoms with E-state index < -0.39 is 5.60 Å². The Balaban J connectivity index is 2.16. The van der Waals surface area contributed by atoms with Crippen LogP contribution in [0.1, 0.15) is 29.5 Å². The van der Waals surface area contributed by atoms with Crippen LogP contribution in [0.25, 0.3) is 0 Å². The summed E-state index contributed by atoms with van der Waals surface area (Å²) < 4.78 is 4.68. The zero-order chi connectivity index (χ0) is 12.6. The molecule has 1 aromatic carbocycles. The maximum Gasteiger partial charge on any atom is 0.308 e. The average molecular weight is 234 g/mol. The van der Waals surface area contributed by atoms with Crippen LogP contribution in [0.15, 0.2) is 18.2 Å². The van der Waals surface area contributed by atoms with Gasteiger partial charge in [-0.1, -0.05) is 29.3 Å². The highest BCUT2D eigenvalue weighted by atomic mass is 16.5. The largest absolute Gasteiger partial charge is 0.469 e. The van der Waals surface area contributed by atoms with E-state index in [9.17, 15) is 9.90 Å². The summed E-state index contributed by atoms with van der Waals surface area (Å²) in [4.78, 5) is 11.3. The molecule has 1 N–H and O–H groups in total. The summed E-state index contributed by atoms with van der Waals surface area (Å²) in [6, 6.07) is 6.05. The van der Waals surface area contributed by atoms with Crippen LogP contribution in [0.2, 0.25) is 0 Å². The van der Waals surface area contributed by atoms with Crippen molar-refractivity contribution in [2.75, 3.05) is 7.11 Å². The van der Waals surface area contributed by atoms with Crippen molar-refractivity contribution in [1.82, 2.24) is 0 Å². The number of rotatable bonds is 2. The minimum Gasteiger partial charge on any atom is -0.469 e. The van der Waals surface area contributed by atoms with Crippen molar-refractivity contribution in [2.45, 2.75) is 32.3 Å². The molecule has 3 nitrogen and oxygen atoms in total. The lowest BCUT2D eigenvalue weighted by molar-refractivity contribution is -0.163. The molecule has 0 amide bonds. The van der Waals surface area contributed by atoms with Crippen LogP contribution in [0.4, 0.5) is 0 Å². The van der Waals surface area contributed by atoms with Gasteiger partial charge < -0.3 is 9.84 Å². The van der Waals surface area contributed by atoms with Crippen LogP contribution in [0.3, 0.4) is 0 Å². The molecule has 0 atom stereocenters. The van der Waals surface area contributed by atoms with Gasteiger partial charge in [0.05, 0.1) is 18.6 Å². The van der Waals surface area contributed by atoms with Crippen molar-refractivity contribution < 1.29 is 14.6 Å². The minimum atomic E-state index is -0.852. The predicted molar refractivity (Wildman–Crippen MR) is 64.6 cm³/mol. The maximum absolute atomic E-state index is 11.3. The topological polar surface area (TPSA) is 46.5 Å². The lowest BCUT2D eigenvalue weighted by Crippen LogP contribution is -2.45. The number of carbonyl (C=O) groups excluding carboxylic acids is 1. The van der Waals surface area contributed by atoms with Crippen molar-refractivity contribution in [3.8, 4) is 0 Å². The van der Waals surface area contributed by atoms with E-state index in [2.05, 4.69) is 10.8 Å². The van der Waals surface area contributed by atoms with Gasteiger partial charge in [-0.25, -0.2) is 0 Å². The van der Waals surface area contributed by atoms with Crippen molar-refractivity contribution >= 4 is 5.97 Å². The molecule has 92 valence electrons. The molecule has 2 rings (SSSR count). The summed E-state index contributed by atoms with van der Waals surface area (Å²) in [6.45, 7) is 4.02. The Bertz CT molecular complexity index is 425. The summed E-state index contributed by atoms with van der Waals surface area (Å²) >= 11 is 0.